The zero-order valence-electron chi connectivity index (χ0n) is 15.0. The van der Waals surface area contributed by atoms with E-state index in [2.05, 4.69) is 56.7 Å². The molecule has 0 unspecified atom stereocenters. The number of hydrogen-bond donors (Lipinski definition) is 1. The highest BCUT2D eigenvalue weighted by atomic mass is 32.2. The molecule has 6 nitrogen and oxygen atoms in total. The molecule has 3 heterocycles. The van der Waals surface area contributed by atoms with Crippen LogP contribution in [0.15, 0.2) is 53.7 Å². The average Bonchev–Trinajstić information content (AvgIpc) is 3.47. The van der Waals surface area contributed by atoms with Gasteiger partial charge in [0, 0.05) is 17.5 Å². The average molecular weight is 375 g/mol. The first-order chi connectivity index (χ1) is 13.3. The number of thioether (sulfide) groups is 1. The van der Waals surface area contributed by atoms with Gasteiger partial charge < -0.3 is 9.88 Å². The van der Waals surface area contributed by atoms with Crippen molar-refractivity contribution in [1.82, 2.24) is 25.0 Å². The molecule has 1 N–H and O–H groups in total. The Labute approximate surface area is 161 Å². The monoisotopic (exact) mass is 375 g/mol. The molecular formula is C20H19N6S. The van der Waals surface area contributed by atoms with Gasteiger partial charge in [0.1, 0.15) is 11.5 Å². The second kappa shape index (κ2) is 6.74. The highest BCUT2D eigenvalue weighted by Gasteiger charge is 2.30. The topological polar surface area (TPSA) is 62.6 Å². The van der Waals surface area contributed by atoms with Crippen molar-refractivity contribution in [3.63, 3.8) is 0 Å². The van der Waals surface area contributed by atoms with Crippen LogP contribution in [0.2, 0.25) is 0 Å². The first-order valence-corrected chi connectivity index (χ1v) is 10.2. The minimum atomic E-state index is 0.209. The van der Waals surface area contributed by atoms with E-state index in [0.717, 1.165) is 47.6 Å². The fraction of sp³-hybridized carbons (Fsp3) is 0.250. The predicted octanol–water partition coefficient (Wildman–Crippen LogP) is 4.01. The van der Waals surface area contributed by atoms with Crippen molar-refractivity contribution in [3.05, 3.63) is 60.7 Å². The first kappa shape index (κ1) is 16.4. The van der Waals surface area contributed by atoms with E-state index < -0.39 is 0 Å². The van der Waals surface area contributed by atoms with Gasteiger partial charge >= 0.3 is 0 Å². The summed E-state index contributed by atoms with van der Waals surface area (Å²) >= 11 is 1.74. The maximum Gasteiger partial charge on any atom is 0.130 e. The van der Waals surface area contributed by atoms with E-state index in [1.54, 1.807) is 29.0 Å². The van der Waals surface area contributed by atoms with Crippen molar-refractivity contribution >= 4 is 28.5 Å². The van der Waals surface area contributed by atoms with E-state index in [9.17, 15) is 0 Å². The van der Waals surface area contributed by atoms with Gasteiger partial charge in [-0.1, -0.05) is 12.1 Å². The molecule has 27 heavy (non-hydrogen) atoms. The number of H-pyrrole nitrogens is 1. The molecule has 4 aromatic rings. The lowest BCUT2D eigenvalue weighted by atomic mass is 10.2. The van der Waals surface area contributed by atoms with Gasteiger partial charge in [0.05, 0.1) is 35.2 Å². The molecule has 2 aromatic heterocycles. The summed E-state index contributed by atoms with van der Waals surface area (Å²) in [5.74, 6) is 1.02. The fourth-order valence-corrected chi connectivity index (χ4v) is 4.21. The molecule has 1 fully saturated rings. The third kappa shape index (κ3) is 2.88. The second-order valence-corrected chi connectivity index (χ2v) is 7.46. The quantitative estimate of drug-likeness (QED) is 0.546. The molecule has 1 atom stereocenters. The summed E-state index contributed by atoms with van der Waals surface area (Å²) in [4.78, 5) is 13.7. The Balaban J connectivity index is 1.55. The van der Waals surface area contributed by atoms with E-state index in [0.29, 0.717) is 0 Å². The molecule has 0 saturated carbocycles. The normalized spacial score (nSPS) is 17.1. The van der Waals surface area contributed by atoms with Crippen LogP contribution in [0, 0.1) is 6.07 Å². The summed E-state index contributed by atoms with van der Waals surface area (Å²) in [6.45, 7) is 0.976. The maximum atomic E-state index is 4.88. The Bertz CT molecular complexity index is 1070. The van der Waals surface area contributed by atoms with E-state index in [-0.39, 0.29) is 6.04 Å². The van der Waals surface area contributed by atoms with E-state index in [4.69, 9.17) is 4.98 Å². The molecule has 0 bridgehead atoms. The minimum Gasteiger partial charge on any atom is -0.360 e. The SMILES string of the molecule is CSc1ccc2nc([C@@H]3CCCN3c3ccc[c]c3-n3nccn3)[nH]c2c1. The Morgan fingerprint density at radius 1 is 1.22 bits per heavy atom. The van der Waals surface area contributed by atoms with Crippen LogP contribution in [0.1, 0.15) is 24.7 Å². The molecule has 0 aliphatic carbocycles. The largest absolute Gasteiger partial charge is 0.360 e. The van der Waals surface area contributed by atoms with Crippen LogP contribution in [-0.2, 0) is 0 Å². The second-order valence-electron chi connectivity index (χ2n) is 6.58. The number of rotatable bonds is 4. The van der Waals surface area contributed by atoms with E-state index in [1.807, 2.05) is 12.1 Å². The number of para-hydroxylation sites is 1. The lowest BCUT2D eigenvalue weighted by molar-refractivity contribution is 0.670. The highest BCUT2D eigenvalue weighted by Crippen LogP contribution is 2.38. The van der Waals surface area contributed by atoms with Crippen molar-refractivity contribution < 1.29 is 0 Å². The van der Waals surface area contributed by atoms with E-state index in [1.165, 1.54) is 4.90 Å². The number of benzene rings is 2. The van der Waals surface area contributed by atoms with Crippen LogP contribution in [0.25, 0.3) is 16.7 Å². The summed E-state index contributed by atoms with van der Waals surface area (Å²) in [5, 5.41) is 8.58. The fourth-order valence-electron chi connectivity index (χ4n) is 3.77. The molecule has 7 heteroatoms. The van der Waals surface area contributed by atoms with Gasteiger partial charge in [-0.15, -0.1) is 16.6 Å². The molecular weight excluding hydrogens is 356 g/mol. The van der Waals surface area contributed by atoms with Crippen LogP contribution in [-0.4, -0.2) is 37.8 Å². The molecule has 1 saturated heterocycles. The molecule has 135 valence electrons. The van der Waals surface area contributed by atoms with Crippen molar-refractivity contribution in [3.8, 4) is 5.69 Å². The lowest BCUT2D eigenvalue weighted by Gasteiger charge is -2.27. The maximum absolute atomic E-state index is 4.88. The molecule has 0 spiro atoms. The van der Waals surface area contributed by atoms with Crippen LogP contribution >= 0.6 is 11.8 Å². The van der Waals surface area contributed by atoms with Crippen molar-refractivity contribution in [2.75, 3.05) is 17.7 Å². The molecule has 1 radical (unpaired) electrons. The van der Waals surface area contributed by atoms with Gasteiger partial charge in [-0.3, -0.25) is 0 Å². The summed E-state index contributed by atoms with van der Waals surface area (Å²) < 4.78 is 0. The van der Waals surface area contributed by atoms with Gasteiger partial charge in [0.15, 0.2) is 0 Å². The third-order valence-electron chi connectivity index (χ3n) is 5.02. The Hall–Kier alpha value is -2.80. The molecule has 1 aliphatic rings. The smallest absolute Gasteiger partial charge is 0.130 e. The molecule has 1 aliphatic heterocycles. The number of nitrogens with zero attached hydrogens (tertiary/aromatic N) is 5. The zero-order valence-corrected chi connectivity index (χ0v) is 15.8. The number of aromatic amines is 1. The number of anilines is 1. The van der Waals surface area contributed by atoms with Crippen LogP contribution in [0.5, 0.6) is 0 Å². The zero-order chi connectivity index (χ0) is 18.2. The summed E-state index contributed by atoms with van der Waals surface area (Å²) in [7, 11) is 0. The van der Waals surface area contributed by atoms with Crippen molar-refractivity contribution in [2.24, 2.45) is 0 Å². The summed E-state index contributed by atoms with van der Waals surface area (Å²) in [5.41, 5.74) is 4.07. The number of imidazole rings is 1. The summed E-state index contributed by atoms with van der Waals surface area (Å²) in [6.07, 6.45) is 7.66. The van der Waals surface area contributed by atoms with Crippen molar-refractivity contribution in [1.29, 1.82) is 0 Å². The van der Waals surface area contributed by atoms with Crippen molar-refractivity contribution in [2.45, 2.75) is 23.8 Å². The molecule has 2 aromatic carbocycles. The van der Waals surface area contributed by atoms with E-state index >= 15 is 0 Å². The van der Waals surface area contributed by atoms with Gasteiger partial charge in [-0.25, -0.2) is 4.98 Å². The summed E-state index contributed by atoms with van der Waals surface area (Å²) in [6, 6.07) is 15.9. The highest BCUT2D eigenvalue weighted by molar-refractivity contribution is 7.98. The standard InChI is InChI=1S/C20H19N6S/c1-27-14-8-9-15-16(13-14)24-20(23-15)19-7-4-12-25(19)17-5-2-3-6-18(17)26-21-10-11-22-26/h2-3,5,8-11,13,19H,4,7,12H2,1H3,(H,23,24)/t19-/m0/s1. The molecule has 5 rings (SSSR count). The minimum absolute atomic E-state index is 0.209. The van der Waals surface area contributed by atoms with Gasteiger partial charge in [-0.2, -0.15) is 10.2 Å². The predicted molar refractivity (Wildman–Crippen MR) is 107 cm³/mol. The number of nitrogens with one attached hydrogen (secondary N) is 1. The number of fused-ring (bicyclic) bond motifs is 1. The Kier molecular flexibility index (Phi) is 4.09. The number of aromatic nitrogens is 5. The van der Waals surface area contributed by atoms with Gasteiger partial charge in [0.2, 0.25) is 0 Å². The third-order valence-corrected chi connectivity index (χ3v) is 5.74. The van der Waals surface area contributed by atoms with Crippen LogP contribution < -0.4 is 4.90 Å². The first-order valence-electron chi connectivity index (χ1n) is 9.01. The Morgan fingerprint density at radius 3 is 2.96 bits per heavy atom. The lowest BCUT2D eigenvalue weighted by Crippen LogP contribution is -2.25. The van der Waals surface area contributed by atoms with Crippen LogP contribution in [0.3, 0.4) is 0 Å². The van der Waals surface area contributed by atoms with Crippen LogP contribution in [0.4, 0.5) is 5.69 Å². The Morgan fingerprint density at radius 2 is 2.11 bits per heavy atom. The van der Waals surface area contributed by atoms with Gasteiger partial charge in [-0.05, 0) is 43.4 Å². The van der Waals surface area contributed by atoms with Gasteiger partial charge in [0.25, 0.3) is 0 Å². The number of hydrogen-bond acceptors (Lipinski definition) is 5. The molecule has 0 amide bonds.